The van der Waals surface area contributed by atoms with E-state index in [1.54, 1.807) is 0 Å². The molecule has 0 radical (unpaired) electrons. The Kier molecular flexibility index (Phi) is 4.17. The number of rotatable bonds is 3. The molecular formula is C15H25N5. The largest absolute Gasteiger partial charge is 0.339 e. The number of nitrogens with zero attached hydrogens (tertiary/aromatic N) is 4. The minimum absolute atomic E-state index is 0.516. The van der Waals surface area contributed by atoms with Crippen molar-refractivity contribution in [2.24, 2.45) is 5.73 Å². The number of piperidine rings is 1. The normalized spacial score (nSPS) is 24.3. The molecule has 0 bridgehead atoms. The van der Waals surface area contributed by atoms with E-state index in [2.05, 4.69) is 19.8 Å². The van der Waals surface area contributed by atoms with Crippen molar-refractivity contribution >= 4 is 5.95 Å². The minimum Gasteiger partial charge on any atom is -0.339 e. The van der Waals surface area contributed by atoms with Crippen molar-refractivity contribution in [3.05, 3.63) is 17.5 Å². The Bertz CT molecular complexity index is 456. The van der Waals surface area contributed by atoms with E-state index in [9.17, 15) is 0 Å². The van der Waals surface area contributed by atoms with Crippen LogP contribution in [0.1, 0.15) is 36.9 Å². The molecule has 0 aromatic carbocycles. The zero-order chi connectivity index (χ0) is 13.9. The summed E-state index contributed by atoms with van der Waals surface area (Å²) in [5.74, 6) is 0.874. The first-order valence-corrected chi connectivity index (χ1v) is 7.79. The number of hydrogen-bond acceptors (Lipinski definition) is 5. The Hall–Kier alpha value is -1.20. The number of aryl methyl sites for hydroxylation is 1. The molecule has 2 N–H and O–H groups in total. The van der Waals surface area contributed by atoms with Crippen molar-refractivity contribution in [2.45, 2.75) is 45.2 Å². The molecule has 1 atom stereocenters. The number of hydrogen-bond donors (Lipinski definition) is 1. The fourth-order valence-electron chi connectivity index (χ4n) is 3.34. The molecule has 0 aliphatic carbocycles. The van der Waals surface area contributed by atoms with Gasteiger partial charge in [0.05, 0.1) is 0 Å². The SMILES string of the molecule is Cc1nc(N2CCC(N3CCCCC3)C2)ncc1CN. The van der Waals surface area contributed by atoms with Gasteiger partial charge in [-0.1, -0.05) is 6.42 Å². The molecule has 3 heterocycles. The zero-order valence-corrected chi connectivity index (χ0v) is 12.4. The van der Waals surface area contributed by atoms with Crippen LogP contribution in [0.2, 0.25) is 0 Å². The van der Waals surface area contributed by atoms with Gasteiger partial charge in [0, 0.05) is 43.1 Å². The van der Waals surface area contributed by atoms with Gasteiger partial charge in [0.25, 0.3) is 0 Å². The highest BCUT2D eigenvalue weighted by Crippen LogP contribution is 2.23. The van der Waals surface area contributed by atoms with Crippen LogP contribution in [0.25, 0.3) is 0 Å². The van der Waals surface area contributed by atoms with Crippen molar-refractivity contribution in [3.63, 3.8) is 0 Å². The third-order valence-electron chi connectivity index (χ3n) is 4.64. The lowest BCUT2D eigenvalue weighted by Gasteiger charge is -2.32. The Morgan fingerprint density at radius 1 is 1.25 bits per heavy atom. The molecule has 110 valence electrons. The monoisotopic (exact) mass is 275 g/mol. The van der Waals surface area contributed by atoms with E-state index in [0.29, 0.717) is 12.6 Å². The molecule has 2 saturated heterocycles. The van der Waals surface area contributed by atoms with Crippen LogP contribution in [0.4, 0.5) is 5.95 Å². The lowest BCUT2D eigenvalue weighted by Crippen LogP contribution is -2.41. The highest BCUT2D eigenvalue weighted by Gasteiger charge is 2.29. The third-order valence-corrected chi connectivity index (χ3v) is 4.64. The van der Waals surface area contributed by atoms with Crippen LogP contribution in [-0.2, 0) is 6.54 Å². The number of aromatic nitrogens is 2. The molecule has 5 heteroatoms. The van der Waals surface area contributed by atoms with E-state index >= 15 is 0 Å². The molecule has 5 nitrogen and oxygen atoms in total. The average Bonchev–Trinajstić information content (AvgIpc) is 2.98. The summed E-state index contributed by atoms with van der Waals surface area (Å²) in [6.07, 6.45) is 7.23. The van der Waals surface area contributed by atoms with Crippen LogP contribution in [0.15, 0.2) is 6.20 Å². The summed E-state index contributed by atoms with van der Waals surface area (Å²) >= 11 is 0. The van der Waals surface area contributed by atoms with Gasteiger partial charge in [-0.3, -0.25) is 4.90 Å². The summed E-state index contributed by atoms with van der Waals surface area (Å²) in [7, 11) is 0. The third kappa shape index (κ3) is 2.79. The molecule has 1 aromatic heterocycles. The van der Waals surface area contributed by atoms with Crippen LogP contribution in [-0.4, -0.2) is 47.1 Å². The van der Waals surface area contributed by atoms with Crippen LogP contribution in [0.3, 0.4) is 0 Å². The number of likely N-dealkylation sites (tertiary alicyclic amines) is 1. The van der Waals surface area contributed by atoms with Gasteiger partial charge < -0.3 is 10.6 Å². The highest BCUT2D eigenvalue weighted by molar-refractivity contribution is 5.34. The van der Waals surface area contributed by atoms with Crippen molar-refractivity contribution in [2.75, 3.05) is 31.1 Å². The molecule has 2 aliphatic heterocycles. The summed E-state index contributed by atoms with van der Waals surface area (Å²) in [6.45, 7) is 7.22. The number of nitrogens with two attached hydrogens (primary N) is 1. The van der Waals surface area contributed by atoms with Crippen LogP contribution in [0.5, 0.6) is 0 Å². The minimum atomic E-state index is 0.516. The zero-order valence-electron chi connectivity index (χ0n) is 12.4. The molecule has 2 aliphatic rings. The molecule has 0 saturated carbocycles. The first-order chi connectivity index (χ1) is 9.78. The molecule has 2 fully saturated rings. The number of anilines is 1. The highest BCUT2D eigenvalue weighted by atomic mass is 15.3. The first kappa shape index (κ1) is 13.8. The summed E-state index contributed by atoms with van der Waals surface area (Å²) in [5.41, 5.74) is 7.73. The standard InChI is InChI=1S/C15H25N5/c1-12-13(9-16)10-17-15(18-12)20-8-5-14(11-20)19-6-3-2-4-7-19/h10,14H,2-9,11,16H2,1H3. The maximum Gasteiger partial charge on any atom is 0.225 e. The van der Waals surface area contributed by atoms with Crippen molar-refractivity contribution in [1.29, 1.82) is 0 Å². The van der Waals surface area contributed by atoms with E-state index in [1.165, 1.54) is 38.8 Å². The first-order valence-electron chi connectivity index (χ1n) is 7.79. The Balaban J connectivity index is 1.65. The van der Waals surface area contributed by atoms with Gasteiger partial charge in [0.1, 0.15) is 0 Å². The second-order valence-corrected chi connectivity index (χ2v) is 5.97. The van der Waals surface area contributed by atoms with Gasteiger partial charge in [0.15, 0.2) is 0 Å². The lowest BCUT2D eigenvalue weighted by atomic mass is 10.1. The van der Waals surface area contributed by atoms with E-state index in [-0.39, 0.29) is 0 Å². The fraction of sp³-hybridized carbons (Fsp3) is 0.733. The van der Waals surface area contributed by atoms with Crippen LogP contribution < -0.4 is 10.6 Å². The fourth-order valence-corrected chi connectivity index (χ4v) is 3.34. The second kappa shape index (κ2) is 6.06. The predicted molar refractivity (Wildman–Crippen MR) is 80.7 cm³/mol. The van der Waals surface area contributed by atoms with Gasteiger partial charge in [-0.15, -0.1) is 0 Å². The van der Waals surface area contributed by atoms with Gasteiger partial charge in [-0.2, -0.15) is 0 Å². The summed E-state index contributed by atoms with van der Waals surface area (Å²) in [5, 5.41) is 0. The van der Waals surface area contributed by atoms with Gasteiger partial charge in [-0.05, 0) is 39.3 Å². The molecular weight excluding hydrogens is 250 g/mol. The smallest absolute Gasteiger partial charge is 0.225 e. The van der Waals surface area contributed by atoms with Crippen molar-refractivity contribution < 1.29 is 0 Å². The van der Waals surface area contributed by atoms with Crippen molar-refractivity contribution in [1.82, 2.24) is 14.9 Å². The maximum absolute atomic E-state index is 5.67. The summed E-state index contributed by atoms with van der Waals surface area (Å²) in [6, 6.07) is 0.688. The molecule has 20 heavy (non-hydrogen) atoms. The predicted octanol–water partition coefficient (Wildman–Crippen LogP) is 1.31. The van der Waals surface area contributed by atoms with Gasteiger partial charge in [0.2, 0.25) is 5.95 Å². The molecule has 1 aromatic rings. The van der Waals surface area contributed by atoms with Crippen LogP contribution >= 0.6 is 0 Å². The van der Waals surface area contributed by atoms with E-state index in [1.807, 2.05) is 13.1 Å². The maximum atomic E-state index is 5.67. The van der Waals surface area contributed by atoms with Gasteiger partial charge in [-0.25, -0.2) is 9.97 Å². The molecule has 0 amide bonds. The van der Waals surface area contributed by atoms with E-state index < -0.39 is 0 Å². The van der Waals surface area contributed by atoms with Crippen LogP contribution in [0, 0.1) is 6.92 Å². The second-order valence-electron chi connectivity index (χ2n) is 5.97. The Morgan fingerprint density at radius 2 is 2.05 bits per heavy atom. The molecule has 1 unspecified atom stereocenters. The molecule has 3 rings (SSSR count). The topological polar surface area (TPSA) is 58.3 Å². The average molecular weight is 275 g/mol. The Morgan fingerprint density at radius 3 is 2.75 bits per heavy atom. The summed E-state index contributed by atoms with van der Waals surface area (Å²) < 4.78 is 0. The van der Waals surface area contributed by atoms with Gasteiger partial charge >= 0.3 is 0 Å². The molecule has 0 spiro atoms. The quantitative estimate of drug-likeness (QED) is 0.901. The van der Waals surface area contributed by atoms with E-state index in [4.69, 9.17) is 5.73 Å². The van der Waals surface area contributed by atoms with Crippen molar-refractivity contribution in [3.8, 4) is 0 Å². The Labute approximate surface area is 121 Å². The van der Waals surface area contributed by atoms with E-state index in [0.717, 1.165) is 30.3 Å². The summed E-state index contributed by atoms with van der Waals surface area (Å²) in [4.78, 5) is 14.1. The lowest BCUT2D eigenvalue weighted by molar-refractivity contribution is 0.174.